The molecule has 0 aliphatic carbocycles. The van der Waals surface area contributed by atoms with Crippen LogP contribution in [-0.2, 0) is 19.8 Å². The molecule has 0 aliphatic heterocycles. The van der Waals surface area contributed by atoms with Crippen LogP contribution in [0, 0.1) is 0 Å². The van der Waals surface area contributed by atoms with Crippen LogP contribution in [0.2, 0.25) is 0 Å². The minimum atomic E-state index is -0.966. The average molecular weight is 253 g/mol. The van der Waals surface area contributed by atoms with E-state index in [9.17, 15) is 4.79 Å². The zero-order valence-corrected chi connectivity index (χ0v) is 10.2. The summed E-state index contributed by atoms with van der Waals surface area (Å²) >= 11 is 1.42. The highest BCUT2D eigenvalue weighted by Gasteiger charge is 2.15. The van der Waals surface area contributed by atoms with Crippen molar-refractivity contribution < 1.29 is 9.90 Å². The quantitative estimate of drug-likeness (QED) is 0.800. The third kappa shape index (κ3) is 2.31. The van der Waals surface area contributed by atoms with Crippen molar-refractivity contribution in [1.82, 2.24) is 24.5 Å². The van der Waals surface area contributed by atoms with E-state index in [4.69, 9.17) is 5.11 Å². The number of carbonyl (C=O) groups is 1. The second-order valence-corrected chi connectivity index (χ2v) is 4.39. The standard InChI is InChI=1S/C9H11N5O2S/c1-13-5-10-12-9(13)17-4-7-6(8(15)16)3-11-14(7)2/h3,5H,4H2,1-2H3,(H,15,16). The Hall–Kier alpha value is -1.83. The number of aromatic nitrogens is 5. The smallest absolute Gasteiger partial charge is 0.339 e. The molecule has 0 aliphatic rings. The minimum absolute atomic E-state index is 0.224. The molecule has 2 aromatic heterocycles. The summed E-state index contributed by atoms with van der Waals surface area (Å²) in [5.41, 5.74) is 0.882. The minimum Gasteiger partial charge on any atom is -0.478 e. The predicted molar refractivity (Wildman–Crippen MR) is 60.7 cm³/mol. The van der Waals surface area contributed by atoms with Crippen LogP contribution in [-0.4, -0.2) is 35.6 Å². The number of hydrogen-bond donors (Lipinski definition) is 1. The summed E-state index contributed by atoms with van der Waals surface area (Å²) in [4.78, 5) is 11.0. The Morgan fingerprint density at radius 1 is 1.53 bits per heavy atom. The molecule has 0 amide bonds. The fourth-order valence-electron chi connectivity index (χ4n) is 1.35. The van der Waals surface area contributed by atoms with Gasteiger partial charge in [-0.3, -0.25) is 4.68 Å². The molecule has 7 nitrogen and oxygen atoms in total. The number of carboxylic acid groups (broad SMARTS) is 1. The Morgan fingerprint density at radius 3 is 2.88 bits per heavy atom. The lowest BCUT2D eigenvalue weighted by molar-refractivity contribution is 0.0696. The van der Waals surface area contributed by atoms with Crippen molar-refractivity contribution in [3.63, 3.8) is 0 Å². The van der Waals surface area contributed by atoms with E-state index in [1.807, 2.05) is 7.05 Å². The first-order valence-electron chi connectivity index (χ1n) is 4.80. The van der Waals surface area contributed by atoms with Crippen LogP contribution in [0.15, 0.2) is 17.7 Å². The number of aryl methyl sites for hydroxylation is 2. The van der Waals surface area contributed by atoms with Gasteiger partial charge in [0.25, 0.3) is 0 Å². The van der Waals surface area contributed by atoms with Gasteiger partial charge in [-0.1, -0.05) is 11.8 Å². The summed E-state index contributed by atoms with van der Waals surface area (Å²) in [6, 6.07) is 0. The third-order valence-electron chi connectivity index (χ3n) is 2.30. The lowest BCUT2D eigenvalue weighted by atomic mass is 10.3. The molecule has 2 heterocycles. The third-order valence-corrected chi connectivity index (χ3v) is 3.35. The van der Waals surface area contributed by atoms with Crippen LogP contribution in [0.4, 0.5) is 0 Å². The fraction of sp³-hybridized carbons (Fsp3) is 0.333. The average Bonchev–Trinajstić information content (AvgIpc) is 2.82. The summed E-state index contributed by atoms with van der Waals surface area (Å²) in [6.45, 7) is 0. The molecule has 0 unspecified atom stereocenters. The number of rotatable bonds is 4. The van der Waals surface area contributed by atoms with E-state index in [0.717, 1.165) is 5.16 Å². The fourth-order valence-corrected chi connectivity index (χ4v) is 2.31. The predicted octanol–water partition coefficient (Wildman–Crippen LogP) is 0.539. The van der Waals surface area contributed by atoms with Gasteiger partial charge < -0.3 is 9.67 Å². The molecule has 2 aromatic rings. The Bertz CT molecular complexity index is 547. The molecule has 0 saturated carbocycles. The van der Waals surface area contributed by atoms with Gasteiger partial charge in [0.2, 0.25) is 0 Å². The van der Waals surface area contributed by atoms with Crippen LogP contribution in [0.25, 0.3) is 0 Å². The van der Waals surface area contributed by atoms with Crippen LogP contribution < -0.4 is 0 Å². The maximum absolute atomic E-state index is 11.0. The van der Waals surface area contributed by atoms with Gasteiger partial charge in [0.15, 0.2) is 5.16 Å². The van der Waals surface area contributed by atoms with E-state index < -0.39 is 5.97 Å². The summed E-state index contributed by atoms with van der Waals surface area (Å²) in [7, 11) is 3.56. The molecule has 0 aromatic carbocycles. The van der Waals surface area contributed by atoms with E-state index in [2.05, 4.69) is 15.3 Å². The number of carboxylic acids is 1. The van der Waals surface area contributed by atoms with Crippen LogP contribution in [0.3, 0.4) is 0 Å². The molecule has 0 atom stereocenters. The first-order chi connectivity index (χ1) is 8.09. The van der Waals surface area contributed by atoms with Gasteiger partial charge in [0.1, 0.15) is 11.9 Å². The van der Waals surface area contributed by atoms with Crippen LogP contribution in [0.1, 0.15) is 16.1 Å². The van der Waals surface area contributed by atoms with Gasteiger partial charge in [0, 0.05) is 19.8 Å². The summed E-state index contributed by atoms with van der Waals surface area (Å²) in [5, 5.41) is 21.3. The highest BCUT2D eigenvalue weighted by Crippen LogP contribution is 2.21. The van der Waals surface area contributed by atoms with Crippen molar-refractivity contribution in [1.29, 1.82) is 0 Å². The van der Waals surface area contributed by atoms with Gasteiger partial charge in [-0.05, 0) is 0 Å². The monoisotopic (exact) mass is 253 g/mol. The first kappa shape index (κ1) is 11.6. The topological polar surface area (TPSA) is 85.8 Å². The number of nitrogens with zero attached hydrogens (tertiary/aromatic N) is 5. The van der Waals surface area contributed by atoms with E-state index in [-0.39, 0.29) is 5.56 Å². The Balaban J connectivity index is 2.16. The van der Waals surface area contributed by atoms with Crippen molar-refractivity contribution >= 4 is 17.7 Å². The molecular weight excluding hydrogens is 242 g/mol. The van der Waals surface area contributed by atoms with Crippen molar-refractivity contribution in [2.24, 2.45) is 14.1 Å². The van der Waals surface area contributed by atoms with Gasteiger partial charge >= 0.3 is 5.97 Å². The van der Waals surface area contributed by atoms with E-state index in [1.165, 1.54) is 18.0 Å². The molecule has 90 valence electrons. The van der Waals surface area contributed by atoms with Crippen molar-refractivity contribution in [3.8, 4) is 0 Å². The molecule has 8 heteroatoms. The van der Waals surface area contributed by atoms with Crippen LogP contribution >= 0.6 is 11.8 Å². The lowest BCUT2D eigenvalue weighted by Gasteiger charge is -2.03. The van der Waals surface area contributed by atoms with Gasteiger partial charge in [-0.25, -0.2) is 4.79 Å². The molecule has 2 rings (SSSR count). The SMILES string of the molecule is Cn1cnnc1SCc1c(C(=O)O)cnn1C. The molecular formula is C9H11N5O2S. The largest absolute Gasteiger partial charge is 0.478 e. The molecule has 0 saturated heterocycles. The second kappa shape index (κ2) is 4.58. The zero-order chi connectivity index (χ0) is 12.4. The summed E-state index contributed by atoms with van der Waals surface area (Å²) in [6.07, 6.45) is 2.96. The maximum Gasteiger partial charge on any atom is 0.339 e. The number of thioether (sulfide) groups is 1. The first-order valence-corrected chi connectivity index (χ1v) is 5.79. The van der Waals surface area contributed by atoms with Gasteiger partial charge in [-0.15, -0.1) is 10.2 Å². The maximum atomic E-state index is 11.0. The van der Waals surface area contributed by atoms with E-state index in [1.54, 1.807) is 22.6 Å². The Kier molecular flexibility index (Phi) is 3.14. The highest BCUT2D eigenvalue weighted by atomic mass is 32.2. The molecule has 0 spiro atoms. The molecule has 0 radical (unpaired) electrons. The van der Waals surface area contributed by atoms with Crippen molar-refractivity contribution in [2.45, 2.75) is 10.9 Å². The number of aromatic carboxylic acids is 1. The van der Waals surface area contributed by atoms with Gasteiger partial charge in [-0.2, -0.15) is 5.10 Å². The molecule has 0 bridgehead atoms. The summed E-state index contributed by atoms with van der Waals surface area (Å²) < 4.78 is 3.34. The second-order valence-electron chi connectivity index (χ2n) is 3.45. The lowest BCUT2D eigenvalue weighted by Crippen LogP contribution is -2.04. The zero-order valence-electron chi connectivity index (χ0n) is 9.36. The molecule has 17 heavy (non-hydrogen) atoms. The molecule has 1 N–H and O–H groups in total. The Morgan fingerprint density at radius 2 is 2.29 bits per heavy atom. The highest BCUT2D eigenvalue weighted by molar-refractivity contribution is 7.98. The van der Waals surface area contributed by atoms with E-state index >= 15 is 0 Å². The van der Waals surface area contributed by atoms with E-state index in [0.29, 0.717) is 11.4 Å². The molecule has 0 fully saturated rings. The summed E-state index contributed by atoms with van der Waals surface area (Å²) in [5.74, 6) is -0.475. The van der Waals surface area contributed by atoms with Crippen molar-refractivity contribution in [2.75, 3.05) is 0 Å². The van der Waals surface area contributed by atoms with Gasteiger partial charge in [0.05, 0.1) is 11.9 Å². The number of hydrogen-bond acceptors (Lipinski definition) is 5. The normalized spacial score (nSPS) is 10.7. The Labute approximate surface area is 101 Å². The van der Waals surface area contributed by atoms with Crippen LogP contribution in [0.5, 0.6) is 0 Å². The van der Waals surface area contributed by atoms with Crippen molar-refractivity contribution in [3.05, 3.63) is 23.8 Å².